The van der Waals surface area contributed by atoms with Crippen LogP contribution in [0, 0.1) is 5.92 Å². The van der Waals surface area contributed by atoms with Crippen LogP contribution < -0.4 is 0 Å². The van der Waals surface area contributed by atoms with E-state index in [-0.39, 0.29) is 0 Å². The molecule has 1 heteroatoms. The lowest BCUT2D eigenvalue weighted by Crippen LogP contribution is -2.32. The lowest BCUT2D eigenvalue weighted by Gasteiger charge is -2.34. The van der Waals surface area contributed by atoms with Crippen LogP contribution in [0.1, 0.15) is 45.4 Å². The Morgan fingerprint density at radius 2 is 2.29 bits per heavy atom. The molecule has 0 heterocycles. The molecule has 78 valence electrons. The van der Waals surface area contributed by atoms with Gasteiger partial charge in [-0.3, -0.25) is 0 Å². The predicted octanol–water partition coefficient (Wildman–Crippen LogP) is 3.20. The maximum atomic E-state index is 10.5. The van der Waals surface area contributed by atoms with Gasteiger partial charge in [0.25, 0.3) is 0 Å². The average molecular weight is 192 g/mol. The normalized spacial score (nSPS) is 38.1. The standard InChI is InChI=1S/C13H20O/c1-11-7-9-13(14,10-8-11)12-5-3-2-4-6-12/h5,7,9,11,14H,2-4,6,8,10H2,1H3. The highest BCUT2D eigenvalue weighted by Gasteiger charge is 2.31. The van der Waals surface area contributed by atoms with Crippen LogP contribution in [-0.2, 0) is 0 Å². The first-order valence-electron chi connectivity index (χ1n) is 5.82. The second-order valence-electron chi connectivity index (χ2n) is 4.77. The summed E-state index contributed by atoms with van der Waals surface area (Å²) in [5, 5.41) is 10.5. The molecule has 0 amide bonds. The van der Waals surface area contributed by atoms with Crippen molar-refractivity contribution in [3.05, 3.63) is 23.8 Å². The van der Waals surface area contributed by atoms with E-state index in [0.717, 1.165) is 25.7 Å². The summed E-state index contributed by atoms with van der Waals surface area (Å²) in [4.78, 5) is 0. The minimum absolute atomic E-state index is 0.590. The van der Waals surface area contributed by atoms with Gasteiger partial charge >= 0.3 is 0 Å². The monoisotopic (exact) mass is 192 g/mol. The molecule has 0 radical (unpaired) electrons. The van der Waals surface area contributed by atoms with Gasteiger partial charge in [-0.25, -0.2) is 0 Å². The van der Waals surface area contributed by atoms with Crippen LogP contribution in [0.3, 0.4) is 0 Å². The van der Waals surface area contributed by atoms with Crippen molar-refractivity contribution in [2.24, 2.45) is 5.92 Å². The zero-order chi connectivity index (χ0) is 10.0. The highest BCUT2D eigenvalue weighted by Crippen LogP contribution is 2.36. The Labute approximate surface area is 86.5 Å². The molecule has 0 aromatic rings. The Hall–Kier alpha value is -0.560. The Morgan fingerprint density at radius 3 is 2.86 bits per heavy atom. The van der Waals surface area contributed by atoms with Crippen molar-refractivity contribution in [3.8, 4) is 0 Å². The van der Waals surface area contributed by atoms with Crippen LogP contribution in [0.2, 0.25) is 0 Å². The van der Waals surface area contributed by atoms with Crippen molar-refractivity contribution in [3.63, 3.8) is 0 Å². The molecule has 0 bridgehead atoms. The zero-order valence-corrected chi connectivity index (χ0v) is 9.00. The van der Waals surface area contributed by atoms with Gasteiger partial charge in [-0.2, -0.15) is 0 Å². The SMILES string of the molecule is CC1C=CC(O)(C2=CCCCC2)CC1. The molecule has 0 aromatic carbocycles. The van der Waals surface area contributed by atoms with E-state index < -0.39 is 5.60 Å². The smallest absolute Gasteiger partial charge is 0.104 e. The third kappa shape index (κ3) is 1.93. The number of allylic oxidation sites excluding steroid dienone is 2. The number of aliphatic hydroxyl groups is 1. The molecule has 0 fully saturated rings. The predicted molar refractivity (Wildman–Crippen MR) is 59.0 cm³/mol. The van der Waals surface area contributed by atoms with Gasteiger partial charge < -0.3 is 5.11 Å². The summed E-state index contributed by atoms with van der Waals surface area (Å²) in [5.74, 6) is 0.638. The van der Waals surface area contributed by atoms with Gasteiger partial charge in [0.1, 0.15) is 5.60 Å². The lowest BCUT2D eigenvalue weighted by molar-refractivity contribution is 0.101. The summed E-state index contributed by atoms with van der Waals surface area (Å²) in [7, 11) is 0. The third-order valence-corrected chi connectivity index (χ3v) is 3.53. The molecule has 2 aliphatic carbocycles. The van der Waals surface area contributed by atoms with Gasteiger partial charge in [0.2, 0.25) is 0 Å². The quantitative estimate of drug-likeness (QED) is 0.632. The molecule has 0 aromatic heterocycles. The van der Waals surface area contributed by atoms with Crippen molar-refractivity contribution in [1.29, 1.82) is 0 Å². The van der Waals surface area contributed by atoms with E-state index >= 15 is 0 Å². The summed E-state index contributed by atoms with van der Waals surface area (Å²) in [6.45, 7) is 2.21. The maximum Gasteiger partial charge on any atom is 0.104 e. The van der Waals surface area contributed by atoms with Crippen LogP contribution in [0.25, 0.3) is 0 Å². The molecule has 0 saturated heterocycles. The van der Waals surface area contributed by atoms with Crippen molar-refractivity contribution in [1.82, 2.24) is 0 Å². The van der Waals surface area contributed by atoms with E-state index in [0.29, 0.717) is 5.92 Å². The van der Waals surface area contributed by atoms with Crippen LogP contribution >= 0.6 is 0 Å². The van der Waals surface area contributed by atoms with Crippen LogP contribution in [0.5, 0.6) is 0 Å². The molecule has 2 unspecified atom stereocenters. The number of rotatable bonds is 1. The topological polar surface area (TPSA) is 20.2 Å². The van der Waals surface area contributed by atoms with Crippen molar-refractivity contribution in [2.75, 3.05) is 0 Å². The summed E-state index contributed by atoms with van der Waals surface area (Å²) >= 11 is 0. The van der Waals surface area contributed by atoms with Crippen LogP contribution in [-0.4, -0.2) is 10.7 Å². The molecular weight excluding hydrogens is 172 g/mol. The minimum atomic E-state index is -0.590. The van der Waals surface area contributed by atoms with Gasteiger partial charge in [-0.15, -0.1) is 0 Å². The Morgan fingerprint density at radius 1 is 1.43 bits per heavy atom. The minimum Gasteiger partial charge on any atom is -0.381 e. The highest BCUT2D eigenvalue weighted by molar-refractivity contribution is 5.28. The summed E-state index contributed by atoms with van der Waals surface area (Å²) in [6, 6.07) is 0. The van der Waals surface area contributed by atoms with E-state index in [4.69, 9.17) is 0 Å². The lowest BCUT2D eigenvalue weighted by atomic mass is 9.77. The molecule has 0 aliphatic heterocycles. The van der Waals surface area contributed by atoms with Gasteiger partial charge in [0, 0.05) is 0 Å². The van der Waals surface area contributed by atoms with E-state index in [1.165, 1.54) is 18.4 Å². The van der Waals surface area contributed by atoms with Gasteiger partial charge in [-0.05, 0) is 50.0 Å². The Bertz CT molecular complexity index is 264. The fraction of sp³-hybridized carbons (Fsp3) is 0.692. The van der Waals surface area contributed by atoms with Crippen LogP contribution in [0.15, 0.2) is 23.8 Å². The Kier molecular flexibility index (Phi) is 2.78. The van der Waals surface area contributed by atoms with E-state index in [9.17, 15) is 5.11 Å². The second-order valence-corrected chi connectivity index (χ2v) is 4.77. The fourth-order valence-corrected chi connectivity index (χ4v) is 2.45. The summed E-state index contributed by atoms with van der Waals surface area (Å²) in [6.07, 6.45) is 13.3. The van der Waals surface area contributed by atoms with Gasteiger partial charge in [0.05, 0.1) is 0 Å². The van der Waals surface area contributed by atoms with E-state index in [1.807, 2.05) is 6.08 Å². The first-order valence-corrected chi connectivity index (χ1v) is 5.82. The largest absolute Gasteiger partial charge is 0.381 e. The molecule has 0 spiro atoms. The molecule has 14 heavy (non-hydrogen) atoms. The van der Waals surface area contributed by atoms with E-state index in [1.54, 1.807) is 0 Å². The van der Waals surface area contributed by atoms with Crippen LogP contribution in [0.4, 0.5) is 0 Å². The molecule has 1 nitrogen and oxygen atoms in total. The van der Waals surface area contributed by atoms with Gasteiger partial charge in [0.15, 0.2) is 0 Å². The fourth-order valence-electron chi connectivity index (χ4n) is 2.45. The van der Waals surface area contributed by atoms with Crippen molar-refractivity contribution >= 4 is 0 Å². The van der Waals surface area contributed by atoms with Gasteiger partial charge in [-0.1, -0.05) is 25.2 Å². The highest BCUT2D eigenvalue weighted by atomic mass is 16.3. The molecule has 2 rings (SSSR count). The summed E-state index contributed by atoms with van der Waals surface area (Å²) < 4.78 is 0. The zero-order valence-electron chi connectivity index (χ0n) is 9.00. The molecule has 2 atom stereocenters. The Balaban J connectivity index is 2.15. The second kappa shape index (κ2) is 3.90. The van der Waals surface area contributed by atoms with E-state index in [2.05, 4.69) is 19.1 Å². The first kappa shape index (κ1) is 9.97. The molecular formula is C13H20O. The third-order valence-electron chi connectivity index (χ3n) is 3.53. The van der Waals surface area contributed by atoms with Crippen molar-refractivity contribution in [2.45, 2.75) is 51.0 Å². The number of hydrogen-bond donors (Lipinski definition) is 1. The maximum absolute atomic E-state index is 10.5. The molecule has 0 saturated carbocycles. The summed E-state index contributed by atoms with van der Waals surface area (Å²) in [5.41, 5.74) is 0.680. The average Bonchev–Trinajstić information content (AvgIpc) is 2.24. The molecule has 2 aliphatic rings. The molecule has 1 N–H and O–H groups in total. The first-order chi connectivity index (χ1) is 6.71. The van der Waals surface area contributed by atoms with Crippen molar-refractivity contribution < 1.29 is 5.11 Å². The number of hydrogen-bond acceptors (Lipinski definition) is 1.